The molecule has 5 rings (SSSR count). The van der Waals surface area contributed by atoms with Crippen LogP contribution >= 0.6 is 12.6 Å². The number of thiol groups is 1. The standard InChI is InChI=1S/C17H12N4O.C5H8F2S/c22-16-7-6-13(10-19-16)12-3-1-5-15(9-12)21-17-14(11-20-21)4-2-8-18-17;6-5(7)2-1-4(8)3-5/h1-11H,(H,19,22);4,8H,1-3H2. The summed E-state index contributed by atoms with van der Waals surface area (Å²) >= 11 is 3.93. The third kappa shape index (κ3) is 4.59. The summed E-state index contributed by atoms with van der Waals surface area (Å²) in [6.07, 6.45) is 5.83. The van der Waals surface area contributed by atoms with Crippen molar-refractivity contribution in [3.05, 3.63) is 77.5 Å². The Morgan fingerprint density at radius 2 is 2.00 bits per heavy atom. The van der Waals surface area contributed by atoms with Gasteiger partial charge < -0.3 is 4.98 Å². The summed E-state index contributed by atoms with van der Waals surface area (Å²) in [6, 6.07) is 15.2. The van der Waals surface area contributed by atoms with Crippen molar-refractivity contribution in [2.45, 2.75) is 30.4 Å². The van der Waals surface area contributed by atoms with E-state index < -0.39 is 5.92 Å². The van der Waals surface area contributed by atoms with Crippen LogP contribution in [0, 0.1) is 0 Å². The van der Waals surface area contributed by atoms with Gasteiger partial charge in [0.1, 0.15) is 0 Å². The molecule has 1 aromatic carbocycles. The molecule has 1 atom stereocenters. The molecule has 1 aliphatic carbocycles. The van der Waals surface area contributed by atoms with E-state index in [1.165, 1.54) is 6.07 Å². The van der Waals surface area contributed by atoms with E-state index in [2.05, 4.69) is 27.7 Å². The zero-order valence-corrected chi connectivity index (χ0v) is 16.9. The highest BCUT2D eigenvalue weighted by Gasteiger charge is 2.37. The van der Waals surface area contributed by atoms with Crippen LogP contribution in [-0.4, -0.2) is 30.9 Å². The number of fused-ring (bicyclic) bond motifs is 1. The molecule has 4 aromatic rings. The number of aromatic amines is 1. The predicted molar refractivity (Wildman–Crippen MR) is 116 cm³/mol. The summed E-state index contributed by atoms with van der Waals surface area (Å²) < 4.78 is 26.1. The first kappa shape index (κ1) is 20.3. The number of nitrogens with one attached hydrogen (secondary N) is 1. The first-order valence-corrected chi connectivity index (χ1v) is 10.1. The number of halogens is 2. The van der Waals surface area contributed by atoms with Gasteiger partial charge in [0.15, 0.2) is 5.65 Å². The lowest BCUT2D eigenvalue weighted by Crippen LogP contribution is -2.09. The monoisotopic (exact) mass is 426 g/mol. The van der Waals surface area contributed by atoms with Crippen molar-refractivity contribution in [1.82, 2.24) is 19.7 Å². The summed E-state index contributed by atoms with van der Waals surface area (Å²) in [5.41, 5.74) is 3.60. The minimum atomic E-state index is -2.41. The Balaban J connectivity index is 0.000000230. The Morgan fingerprint density at radius 3 is 2.67 bits per heavy atom. The number of H-pyrrole nitrogens is 1. The SMILES string of the molecule is FC1(F)CCC(S)C1.O=c1ccc(-c2cccc(-n3ncc4cccnc43)c2)c[nH]1. The lowest BCUT2D eigenvalue weighted by Gasteiger charge is -2.06. The number of hydrogen-bond donors (Lipinski definition) is 2. The smallest absolute Gasteiger partial charge is 0.249 e. The lowest BCUT2D eigenvalue weighted by molar-refractivity contribution is 0.00982. The largest absolute Gasteiger partial charge is 0.328 e. The van der Waals surface area contributed by atoms with Crippen LogP contribution in [0.2, 0.25) is 0 Å². The first-order valence-electron chi connectivity index (χ1n) is 9.55. The highest BCUT2D eigenvalue weighted by Crippen LogP contribution is 2.37. The second-order valence-corrected chi connectivity index (χ2v) is 7.95. The summed E-state index contributed by atoms with van der Waals surface area (Å²) in [6.45, 7) is 0. The molecule has 0 aliphatic heterocycles. The molecule has 8 heteroatoms. The van der Waals surface area contributed by atoms with Crippen molar-refractivity contribution in [1.29, 1.82) is 0 Å². The van der Waals surface area contributed by atoms with Crippen molar-refractivity contribution >= 4 is 23.7 Å². The Labute approximate surface area is 177 Å². The van der Waals surface area contributed by atoms with Gasteiger partial charge in [0, 0.05) is 41.9 Å². The number of pyridine rings is 2. The molecule has 1 fully saturated rings. The summed E-state index contributed by atoms with van der Waals surface area (Å²) in [5.74, 6) is -2.41. The molecular formula is C22H20F2N4OS. The number of hydrogen-bond acceptors (Lipinski definition) is 4. The second kappa shape index (κ2) is 8.39. The summed E-state index contributed by atoms with van der Waals surface area (Å²) in [4.78, 5) is 18.3. The van der Waals surface area contributed by atoms with E-state index in [0.29, 0.717) is 6.42 Å². The number of alkyl halides is 2. The van der Waals surface area contributed by atoms with Gasteiger partial charge in [-0.3, -0.25) is 4.79 Å². The van der Waals surface area contributed by atoms with Gasteiger partial charge >= 0.3 is 0 Å². The fourth-order valence-corrected chi connectivity index (χ4v) is 3.78. The van der Waals surface area contributed by atoms with E-state index in [-0.39, 0.29) is 23.7 Å². The van der Waals surface area contributed by atoms with E-state index in [9.17, 15) is 13.6 Å². The molecule has 1 N–H and O–H groups in total. The van der Waals surface area contributed by atoms with Gasteiger partial charge in [0.25, 0.3) is 0 Å². The van der Waals surface area contributed by atoms with Crippen LogP contribution in [0.3, 0.4) is 0 Å². The molecule has 0 amide bonds. The maximum atomic E-state index is 12.1. The predicted octanol–water partition coefficient (Wildman–Crippen LogP) is 4.88. The maximum Gasteiger partial charge on any atom is 0.249 e. The molecular weight excluding hydrogens is 406 g/mol. The molecule has 0 radical (unpaired) electrons. The van der Waals surface area contributed by atoms with E-state index in [4.69, 9.17) is 0 Å². The van der Waals surface area contributed by atoms with Gasteiger partial charge in [-0.2, -0.15) is 17.7 Å². The van der Waals surface area contributed by atoms with Gasteiger partial charge in [0.05, 0.1) is 11.9 Å². The van der Waals surface area contributed by atoms with Crippen LogP contribution in [0.25, 0.3) is 27.8 Å². The van der Waals surface area contributed by atoms with Crippen molar-refractivity contribution in [2.24, 2.45) is 0 Å². The molecule has 0 saturated heterocycles. The molecule has 3 aromatic heterocycles. The highest BCUT2D eigenvalue weighted by molar-refractivity contribution is 7.81. The Hall–Kier alpha value is -3.00. The minimum Gasteiger partial charge on any atom is -0.328 e. The van der Waals surface area contributed by atoms with Crippen LogP contribution in [-0.2, 0) is 0 Å². The first-order chi connectivity index (χ1) is 14.4. The molecule has 1 saturated carbocycles. The topological polar surface area (TPSA) is 63.6 Å². The maximum absolute atomic E-state index is 12.1. The third-order valence-corrected chi connectivity index (χ3v) is 5.36. The fraction of sp³-hybridized carbons (Fsp3) is 0.227. The van der Waals surface area contributed by atoms with Gasteiger partial charge in [-0.25, -0.2) is 18.4 Å². The summed E-state index contributed by atoms with van der Waals surface area (Å²) in [7, 11) is 0. The van der Waals surface area contributed by atoms with E-state index in [1.54, 1.807) is 24.7 Å². The summed E-state index contributed by atoms with van der Waals surface area (Å²) in [5, 5.41) is 5.34. The fourth-order valence-electron chi connectivity index (χ4n) is 3.38. The Kier molecular flexibility index (Phi) is 5.67. The zero-order chi connectivity index (χ0) is 21.1. The van der Waals surface area contributed by atoms with Crippen LogP contribution in [0.4, 0.5) is 8.78 Å². The van der Waals surface area contributed by atoms with E-state index >= 15 is 0 Å². The minimum absolute atomic E-state index is 0.0289. The molecule has 0 bridgehead atoms. The van der Waals surface area contributed by atoms with Crippen LogP contribution in [0.5, 0.6) is 0 Å². The normalized spacial score (nSPS) is 17.5. The number of nitrogens with zero attached hydrogens (tertiary/aromatic N) is 3. The average Bonchev–Trinajstić information content (AvgIpc) is 3.31. The van der Waals surface area contributed by atoms with Crippen molar-refractivity contribution in [2.75, 3.05) is 0 Å². The molecule has 0 spiro atoms. The quantitative estimate of drug-likeness (QED) is 0.449. The highest BCUT2D eigenvalue weighted by atomic mass is 32.1. The Bertz CT molecular complexity index is 1200. The number of rotatable bonds is 2. The van der Waals surface area contributed by atoms with Gasteiger partial charge in [0.2, 0.25) is 11.5 Å². The van der Waals surface area contributed by atoms with E-state index in [0.717, 1.165) is 27.8 Å². The van der Waals surface area contributed by atoms with E-state index in [1.807, 2.05) is 41.1 Å². The third-order valence-electron chi connectivity index (χ3n) is 4.92. The molecule has 3 heterocycles. The van der Waals surface area contributed by atoms with Crippen LogP contribution < -0.4 is 5.56 Å². The molecule has 1 aliphatic rings. The molecule has 154 valence electrons. The Morgan fingerprint density at radius 1 is 1.13 bits per heavy atom. The van der Waals surface area contributed by atoms with Crippen LogP contribution in [0.15, 0.2) is 71.9 Å². The number of benzene rings is 1. The lowest BCUT2D eigenvalue weighted by atomic mass is 10.1. The zero-order valence-electron chi connectivity index (χ0n) is 16.0. The molecule has 5 nitrogen and oxygen atoms in total. The van der Waals surface area contributed by atoms with Crippen molar-refractivity contribution < 1.29 is 8.78 Å². The van der Waals surface area contributed by atoms with Gasteiger partial charge in [-0.15, -0.1) is 0 Å². The molecule has 30 heavy (non-hydrogen) atoms. The van der Waals surface area contributed by atoms with Gasteiger partial charge in [-0.1, -0.05) is 12.1 Å². The second-order valence-electron chi connectivity index (χ2n) is 7.22. The van der Waals surface area contributed by atoms with Crippen LogP contribution in [0.1, 0.15) is 19.3 Å². The average molecular weight is 426 g/mol. The molecule has 1 unspecified atom stereocenters. The van der Waals surface area contributed by atoms with Crippen molar-refractivity contribution in [3.8, 4) is 16.8 Å². The van der Waals surface area contributed by atoms with Gasteiger partial charge in [-0.05, 0) is 47.9 Å². The number of aromatic nitrogens is 4. The van der Waals surface area contributed by atoms with Crippen molar-refractivity contribution in [3.63, 3.8) is 0 Å².